The SMILES string of the molecule is CC1CC(C(=O)O)CN(C(=O)NCc2ccc(Br)cc2)C1. The molecule has 0 saturated carbocycles. The number of carbonyl (C=O) groups is 2. The van der Waals surface area contributed by atoms with E-state index < -0.39 is 11.9 Å². The number of hydrogen-bond donors (Lipinski definition) is 2. The third kappa shape index (κ3) is 4.46. The molecule has 0 bridgehead atoms. The number of carbonyl (C=O) groups excluding carboxylic acids is 1. The van der Waals surface area contributed by atoms with Gasteiger partial charge in [-0.05, 0) is 30.0 Å². The van der Waals surface area contributed by atoms with Crippen molar-refractivity contribution in [1.29, 1.82) is 0 Å². The molecule has 2 N–H and O–H groups in total. The number of rotatable bonds is 3. The molecule has 21 heavy (non-hydrogen) atoms. The van der Waals surface area contributed by atoms with Crippen molar-refractivity contribution in [3.63, 3.8) is 0 Å². The molecular weight excluding hydrogens is 336 g/mol. The van der Waals surface area contributed by atoms with Gasteiger partial charge in [0.15, 0.2) is 0 Å². The number of halogens is 1. The fourth-order valence-corrected chi connectivity index (χ4v) is 2.85. The van der Waals surface area contributed by atoms with Gasteiger partial charge in [-0.3, -0.25) is 4.79 Å². The van der Waals surface area contributed by atoms with Gasteiger partial charge in [-0.25, -0.2) is 4.79 Å². The van der Waals surface area contributed by atoms with Crippen LogP contribution in [0.1, 0.15) is 18.9 Å². The smallest absolute Gasteiger partial charge is 0.317 e. The summed E-state index contributed by atoms with van der Waals surface area (Å²) in [4.78, 5) is 24.9. The summed E-state index contributed by atoms with van der Waals surface area (Å²) >= 11 is 3.36. The quantitative estimate of drug-likeness (QED) is 0.876. The highest BCUT2D eigenvalue weighted by Crippen LogP contribution is 2.21. The molecule has 2 unspecified atom stereocenters. The van der Waals surface area contributed by atoms with Crippen LogP contribution in [0.4, 0.5) is 4.79 Å². The topological polar surface area (TPSA) is 69.6 Å². The zero-order chi connectivity index (χ0) is 15.4. The first kappa shape index (κ1) is 15.8. The number of nitrogens with zero attached hydrogens (tertiary/aromatic N) is 1. The van der Waals surface area contributed by atoms with Gasteiger partial charge in [0.2, 0.25) is 0 Å². The molecule has 114 valence electrons. The Balaban J connectivity index is 1.90. The highest BCUT2D eigenvalue weighted by molar-refractivity contribution is 9.10. The summed E-state index contributed by atoms with van der Waals surface area (Å²) in [5, 5.41) is 12.0. The zero-order valence-electron chi connectivity index (χ0n) is 11.9. The van der Waals surface area contributed by atoms with Crippen LogP contribution in [0.3, 0.4) is 0 Å². The van der Waals surface area contributed by atoms with Crippen molar-refractivity contribution in [2.45, 2.75) is 19.9 Å². The molecule has 1 aromatic carbocycles. The van der Waals surface area contributed by atoms with Gasteiger partial charge < -0.3 is 15.3 Å². The lowest BCUT2D eigenvalue weighted by atomic mass is 9.91. The van der Waals surface area contributed by atoms with Crippen molar-refractivity contribution in [3.05, 3.63) is 34.3 Å². The molecule has 1 heterocycles. The number of likely N-dealkylation sites (tertiary alicyclic amines) is 1. The summed E-state index contributed by atoms with van der Waals surface area (Å²) < 4.78 is 0.992. The molecule has 5 nitrogen and oxygen atoms in total. The number of carboxylic acid groups (broad SMARTS) is 1. The first-order chi connectivity index (χ1) is 9.95. The molecular formula is C15H19BrN2O3. The summed E-state index contributed by atoms with van der Waals surface area (Å²) in [5.74, 6) is -1.09. The summed E-state index contributed by atoms with van der Waals surface area (Å²) in [6, 6.07) is 7.51. The Kier molecular flexibility index (Phi) is 5.22. The van der Waals surface area contributed by atoms with Crippen LogP contribution >= 0.6 is 15.9 Å². The van der Waals surface area contributed by atoms with E-state index in [9.17, 15) is 9.59 Å². The monoisotopic (exact) mass is 354 g/mol. The van der Waals surface area contributed by atoms with Gasteiger partial charge in [-0.1, -0.05) is 35.0 Å². The van der Waals surface area contributed by atoms with Crippen molar-refractivity contribution >= 4 is 27.9 Å². The molecule has 1 aromatic rings. The fourth-order valence-electron chi connectivity index (χ4n) is 2.59. The van der Waals surface area contributed by atoms with E-state index in [2.05, 4.69) is 21.2 Å². The minimum atomic E-state index is -0.827. The van der Waals surface area contributed by atoms with Crippen LogP contribution in [-0.2, 0) is 11.3 Å². The summed E-state index contributed by atoms with van der Waals surface area (Å²) in [6.07, 6.45) is 0.631. The Hall–Kier alpha value is -1.56. The molecule has 1 fully saturated rings. The number of hydrogen-bond acceptors (Lipinski definition) is 2. The minimum absolute atomic E-state index is 0.198. The van der Waals surface area contributed by atoms with Crippen LogP contribution in [0, 0.1) is 11.8 Å². The first-order valence-electron chi connectivity index (χ1n) is 6.95. The van der Waals surface area contributed by atoms with Gasteiger partial charge in [0.05, 0.1) is 5.92 Å². The lowest BCUT2D eigenvalue weighted by Crippen LogP contribution is -2.49. The maximum atomic E-state index is 12.2. The van der Waals surface area contributed by atoms with Gasteiger partial charge in [-0.2, -0.15) is 0 Å². The summed E-state index contributed by atoms with van der Waals surface area (Å²) in [6.45, 7) is 3.31. The number of urea groups is 1. The van der Waals surface area contributed by atoms with Gasteiger partial charge >= 0.3 is 12.0 Å². The van der Waals surface area contributed by atoms with Crippen molar-refractivity contribution in [1.82, 2.24) is 10.2 Å². The van der Waals surface area contributed by atoms with E-state index in [-0.39, 0.29) is 18.5 Å². The fraction of sp³-hybridized carbons (Fsp3) is 0.467. The average Bonchev–Trinajstić information content (AvgIpc) is 2.45. The van der Waals surface area contributed by atoms with Gasteiger partial charge in [0.1, 0.15) is 0 Å². The van der Waals surface area contributed by atoms with Crippen LogP contribution in [0.5, 0.6) is 0 Å². The number of piperidine rings is 1. The minimum Gasteiger partial charge on any atom is -0.481 e. The van der Waals surface area contributed by atoms with Gasteiger partial charge in [0, 0.05) is 24.1 Å². The molecule has 2 rings (SSSR count). The summed E-state index contributed by atoms with van der Waals surface area (Å²) in [5.41, 5.74) is 1.01. The molecule has 0 spiro atoms. The Morgan fingerprint density at radius 3 is 2.62 bits per heavy atom. The third-order valence-corrected chi connectivity index (χ3v) is 4.18. The molecule has 6 heteroatoms. The van der Waals surface area contributed by atoms with Crippen molar-refractivity contribution in [2.75, 3.05) is 13.1 Å². The third-order valence-electron chi connectivity index (χ3n) is 3.65. The number of carboxylic acids is 1. The van der Waals surface area contributed by atoms with E-state index in [0.29, 0.717) is 19.5 Å². The molecule has 2 amide bonds. The highest BCUT2D eigenvalue weighted by Gasteiger charge is 2.31. The lowest BCUT2D eigenvalue weighted by Gasteiger charge is -2.34. The van der Waals surface area contributed by atoms with E-state index in [1.165, 1.54) is 0 Å². The zero-order valence-corrected chi connectivity index (χ0v) is 13.5. The Labute approximate surface area is 132 Å². The van der Waals surface area contributed by atoms with Crippen molar-refractivity contribution < 1.29 is 14.7 Å². The predicted octanol–water partition coefficient (Wildman–Crippen LogP) is 2.70. The lowest BCUT2D eigenvalue weighted by molar-refractivity contribution is -0.143. The molecule has 1 aliphatic rings. The average molecular weight is 355 g/mol. The number of amides is 2. The Bertz CT molecular complexity index is 518. The van der Waals surface area contributed by atoms with Crippen molar-refractivity contribution in [2.24, 2.45) is 11.8 Å². The molecule has 1 saturated heterocycles. The van der Waals surface area contributed by atoms with Crippen LogP contribution in [-0.4, -0.2) is 35.1 Å². The second-order valence-electron chi connectivity index (χ2n) is 5.57. The van der Waals surface area contributed by atoms with E-state index in [4.69, 9.17) is 5.11 Å². The molecule has 0 aliphatic carbocycles. The van der Waals surface area contributed by atoms with Crippen LogP contribution < -0.4 is 5.32 Å². The first-order valence-corrected chi connectivity index (χ1v) is 7.75. The molecule has 1 aliphatic heterocycles. The molecule has 2 atom stereocenters. The Morgan fingerprint density at radius 2 is 2.00 bits per heavy atom. The van der Waals surface area contributed by atoms with Crippen LogP contribution in [0.15, 0.2) is 28.7 Å². The van der Waals surface area contributed by atoms with Crippen LogP contribution in [0.25, 0.3) is 0 Å². The van der Waals surface area contributed by atoms with E-state index in [0.717, 1.165) is 10.0 Å². The highest BCUT2D eigenvalue weighted by atomic mass is 79.9. The van der Waals surface area contributed by atoms with Gasteiger partial charge in [0.25, 0.3) is 0 Å². The number of nitrogens with one attached hydrogen (secondary N) is 1. The van der Waals surface area contributed by atoms with E-state index >= 15 is 0 Å². The second kappa shape index (κ2) is 6.93. The number of benzene rings is 1. The van der Waals surface area contributed by atoms with Crippen molar-refractivity contribution in [3.8, 4) is 0 Å². The van der Waals surface area contributed by atoms with E-state index in [1.807, 2.05) is 31.2 Å². The molecule has 0 aromatic heterocycles. The summed E-state index contributed by atoms with van der Waals surface area (Å²) in [7, 11) is 0. The maximum Gasteiger partial charge on any atom is 0.317 e. The van der Waals surface area contributed by atoms with Crippen LogP contribution in [0.2, 0.25) is 0 Å². The normalized spacial score (nSPS) is 21.9. The Morgan fingerprint density at radius 1 is 1.33 bits per heavy atom. The maximum absolute atomic E-state index is 12.2. The number of aliphatic carboxylic acids is 1. The van der Waals surface area contributed by atoms with Gasteiger partial charge in [-0.15, -0.1) is 0 Å². The standard InChI is InChI=1S/C15H19BrN2O3/c1-10-6-12(14(19)20)9-18(8-10)15(21)17-7-11-2-4-13(16)5-3-11/h2-5,10,12H,6-9H2,1H3,(H,17,21)(H,19,20). The second-order valence-corrected chi connectivity index (χ2v) is 6.48. The predicted molar refractivity (Wildman–Crippen MR) is 82.9 cm³/mol. The largest absolute Gasteiger partial charge is 0.481 e. The van der Waals surface area contributed by atoms with E-state index in [1.54, 1.807) is 4.90 Å². The molecule has 0 radical (unpaired) electrons.